The Kier molecular flexibility index (Phi) is 4.98. The van der Waals surface area contributed by atoms with Crippen LogP contribution in [0.3, 0.4) is 0 Å². The van der Waals surface area contributed by atoms with Crippen molar-refractivity contribution in [2.75, 3.05) is 20.2 Å². The van der Waals surface area contributed by atoms with Gasteiger partial charge in [0, 0.05) is 24.6 Å². The van der Waals surface area contributed by atoms with Gasteiger partial charge >= 0.3 is 0 Å². The molecule has 120 valence electrons. The number of carbonyl (C=O) groups is 1. The molecule has 0 unspecified atom stereocenters. The largest absolute Gasteiger partial charge is 0.496 e. The van der Waals surface area contributed by atoms with Crippen molar-refractivity contribution in [3.63, 3.8) is 0 Å². The van der Waals surface area contributed by atoms with E-state index in [4.69, 9.17) is 4.74 Å². The highest BCUT2D eigenvalue weighted by atomic mass is 16.5. The van der Waals surface area contributed by atoms with Gasteiger partial charge in [0.15, 0.2) is 0 Å². The zero-order chi connectivity index (χ0) is 15.4. The van der Waals surface area contributed by atoms with Gasteiger partial charge in [0.05, 0.1) is 7.11 Å². The molecule has 1 N–H and O–H groups in total. The maximum atomic E-state index is 12.1. The van der Waals surface area contributed by atoms with E-state index in [9.17, 15) is 4.79 Å². The van der Waals surface area contributed by atoms with E-state index < -0.39 is 0 Å². The lowest BCUT2D eigenvalue weighted by Crippen LogP contribution is -2.37. The Morgan fingerprint density at radius 3 is 2.64 bits per heavy atom. The van der Waals surface area contributed by atoms with Crippen LogP contribution in [0, 0.1) is 5.92 Å². The third kappa shape index (κ3) is 4.01. The topological polar surface area (TPSA) is 41.6 Å². The number of carbonyl (C=O) groups excluding carboxylic acids is 1. The van der Waals surface area contributed by atoms with E-state index in [-0.39, 0.29) is 5.91 Å². The zero-order valence-corrected chi connectivity index (χ0v) is 13.4. The Morgan fingerprint density at radius 2 is 1.95 bits per heavy atom. The SMILES string of the molecule is COc1ccccc1CNC(=O)CC1CCN(C2CC2)CC1. The molecule has 1 saturated carbocycles. The molecule has 0 radical (unpaired) electrons. The average Bonchev–Trinajstić information content (AvgIpc) is 3.39. The van der Waals surface area contributed by atoms with Gasteiger partial charge in [-0.25, -0.2) is 0 Å². The molecule has 3 rings (SSSR count). The second-order valence-corrected chi connectivity index (χ2v) is 6.50. The maximum Gasteiger partial charge on any atom is 0.220 e. The van der Waals surface area contributed by atoms with Crippen LogP contribution in [0.4, 0.5) is 0 Å². The van der Waals surface area contributed by atoms with Crippen LogP contribution in [0.2, 0.25) is 0 Å². The number of amides is 1. The van der Waals surface area contributed by atoms with Crippen molar-refractivity contribution in [3.8, 4) is 5.75 Å². The van der Waals surface area contributed by atoms with Gasteiger partial charge in [0.25, 0.3) is 0 Å². The average molecular weight is 302 g/mol. The van der Waals surface area contributed by atoms with Crippen molar-refractivity contribution in [2.24, 2.45) is 5.92 Å². The Hall–Kier alpha value is -1.55. The minimum Gasteiger partial charge on any atom is -0.496 e. The van der Waals surface area contributed by atoms with Crippen LogP contribution in [-0.4, -0.2) is 37.0 Å². The molecule has 2 aliphatic rings. The first-order valence-corrected chi connectivity index (χ1v) is 8.39. The normalized spacial score (nSPS) is 19.9. The number of hydrogen-bond acceptors (Lipinski definition) is 3. The summed E-state index contributed by atoms with van der Waals surface area (Å²) in [5.74, 6) is 1.55. The standard InChI is InChI=1S/C18H26N2O2/c1-22-17-5-3-2-4-15(17)13-19-18(21)12-14-8-10-20(11-9-14)16-6-7-16/h2-5,14,16H,6-13H2,1H3,(H,19,21). The second-order valence-electron chi connectivity index (χ2n) is 6.50. The van der Waals surface area contributed by atoms with Gasteiger partial charge in [-0.2, -0.15) is 0 Å². The molecule has 4 nitrogen and oxygen atoms in total. The molecule has 1 aliphatic carbocycles. The first kappa shape index (κ1) is 15.3. The molecule has 4 heteroatoms. The van der Waals surface area contributed by atoms with E-state index in [2.05, 4.69) is 10.2 Å². The number of nitrogens with zero attached hydrogens (tertiary/aromatic N) is 1. The van der Waals surface area contributed by atoms with Crippen molar-refractivity contribution in [1.82, 2.24) is 10.2 Å². The van der Waals surface area contributed by atoms with E-state index in [1.54, 1.807) is 7.11 Å². The predicted molar refractivity (Wildman–Crippen MR) is 86.8 cm³/mol. The molecular formula is C18H26N2O2. The van der Waals surface area contributed by atoms with E-state index in [0.29, 0.717) is 18.9 Å². The molecule has 2 fully saturated rings. The summed E-state index contributed by atoms with van der Waals surface area (Å²) in [5.41, 5.74) is 1.03. The van der Waals surface area contributed by atoms with Crippen molar-refractivity contribution >= 4 is 5.91 Å². The van der Waals surface area contributed by atoms with E-state index >= 15 is 0 Å². The third-order valence-corrected chi connectivity index (χ3v) is 4.85. The number of para-hydroxylation sites is 1. The van der Waals surface area contributed by atoms with Gasteiger partial charge in [0.2, 0.25) is 5.91 Å². The summed E-state index contributed by atoms with van der Waals surface area (Å²) in [6, 6.07) is 8.69. The summed E-state index contributed by atoms with van der Waals surface area (Å²) in [4.78, 5) is 14.7. The molecule has 0 aromatic heterocycles. The number of nitrogens with one attached hydrogen (secondary N) is 1. The number of likely N-dealkylation sites (tertiary alicyclic amines) is 1. The Balaban J connectivity index is 1.41. The first-order chi connectivity index (χ1) is 10.8. The monoisotopic (exact) mass is 302 g/mol. The summed E-state index contributed by atoms with van der Waals surface area (Å²) in [7, 11) is 1.66. The number of rotatable bonds is 6. The van der Waals surface area contributed by atoms with Gasteiger partial charge in [-0.15, -0.1) is 0 Å². The second kappa shape index (κ2) is 7.14. The molecular weight excluding hydrogens is 276 g/mol. The van der Waals surface area contributed by atoms with Gasteiger partial charge in [-0.3, -0.25) is 4.79 Å². The number of methoxy groups -OCH3 is 1. The van der Waals surface area contributed by atoms with Crippen LogP contribution >= 0.6 is 0 Å². The van der Waals surface area contributed by atoms with Crippen molar-refractivity contribution in [2.45, 2.75) is 44.7 Å². The van der Waals surface area contributed by atoms with Crippen LogP contribution in [-0.2, 0) is 11.3 Å². The first-order valence-electron chi connectivity index (χ1n) is 8.39. The highest BCUT2D eigenvalue weighted by molar-refractivity contribution is 5.76. The minimum absolute atomic E-state index is 0.163. The Morgan fingerprint density at radius 1 is 1.23 bits per heavy atom. The van der Waals surface area contributed by atoms with Gasteiger partial charge < -0.3 is 15.0 Å². The number of piperidine rings is 1. The molecule has 1 saturated heterocycles. The van der Waals surface area contributed by atoms with Crippen LogP contribution < -0.4 is 10.1 Å². The summed E-state index contributed by atoms with van der Waals surface area (Å²) in [6.45, 7) is 2.90. The molecule has 1 amide bonds. The van der Waals surface area contributed by atoms with Crippen LogP contribution in [0.5, 0.6) is 5.75 Å². The third-order valence-electron chi connectivity index (χ3n) is 4.85. The number of hydrogen-bond donors (Lipinski definition) is 1. The fraction of sp³-hybridized carbons (Fsp3) is 0.611. The molecule has 0 spiro atoms. The Labute approximate surface area is 132 Å². The lowest BCUT2D eigenvalue weighted by Gasteiger charge is -2.31. The number of ether oxygens (including phenoxy) is 1. The van der Waals surface area contributed by atoms with Gasteiger partial charge in [0.1, 0.15) is 5.75 Å². The molecule has 1 heterocycles. The van der Waals surface area contributed by atoms with E-state index in [0.717, 1.165) is 17.4 Å². The van der Waals surface area contributed by atoms with Crippen LogP contribution in [0.15, 0.2) is 24.3 Å². The fourth-order valence-electron chi connectivity index (χ4n) is 3.34. The molecule has 0 bridgehead atoms. The van der Waals surface area contributed by atoms with Gasteiger partial charge in [-0.05, 0) is 50.8 Å². The highest BCUT2D eigenvalue weighted by Gasteiger charge is 2.32. The van der Waals surface area contributed by atoms with E-state index in [1.807, 2.05) is 24.3 Å². The van der Waals surface area contributed by atoms with E-state index in [1.165, 1.54) is 38.8 Å². The zero-order valence-electron chi connectivity index (χ0n) is 13.4. The molecule has 1 aliphatic heterocycles. The van der Waals surface area contributed by atoms with Crippen molar-refractivity contribution < 1.29 is 9.53 Å². The summed E-state index contributed by atoms with van der Waals surface area (Å²) >= 11 is 0. The van der Waals surface area contributed by atoms with Crippen LogP contribution in [0.1, 0.15) is 37.7 Å². The minimum atomic E-state index is 0.163. The maximum absolute atomic E-state index is 12.1. The van der Waals surface area contributed by atoms with Crippen LogP contribution in [0.25, 0.3) is 0 Å². The fourth-order valence-corrected chi connectivity index (χ4v) is 3.34. The quantitative estimate of drug-likeness (QED) is 0.878. The van der Waals surface area contributed by atoms with Crippen molar-refractivity contribution in [1.29, 1.82) is 0 Å². The summed E-state index contributed by atoms with van der Waals surface area (Å²) < 4.78 is 5.31. The Bertz CT molecular complexity index is 506. The smallest absolute Gasteiger partial charge is 0.220 e. The lowest BCUT2D eigenvalue weighted by molar-refractivity contribution is -0.122. The highest BCUT2D eigenvalue weighted by Crippen LogP contribution is 2.31. The number of benzene rings is 1. The molecule has 0 atom stereocenters. The lowest BCUT2D eigenvalue weighted by atomic mass is 9.93. The van der Waals surface area contributed by atoms with Crippen molar-refractivity contribution in [3.05, 3.63) is 29.8 Å². The summed E-state index contributed by atoms with van der Waals surface area (Å²) in [6.07, 6.45) is 5.75. The summed E-state index contributed by atoms with van der Waals surface area (Å²) in [5, 5.41) is 3.03. The molecule has 1 aromatic rings. The molecule has 22 heavy (non-hydrogen) atoms. The molecule has 1 aromatic carbocycles. The van der Waals surface area contributed by atoms with Gasteiger partial charge in [-0.1, -0.05) is 18.2 Å². The predicted octanol–water partition coefficient (Wildman–Crippen LogP) is 2.58.